The van der Waals surface area contributed by atoms with Crippen LogP contribution in [0.15, 0.2) is 52.5 Å². The molecule has 0 unspecified atom stereocenters. The van der Waals surface area contributed by atoms with E-state index >= 15 is 0 Å². The van der Waals surface area contributed by atoms with Gasteiger partial charge in [-0.3, -0.25) is 0 Å². The van der Waals surface area contributed by atoms with Gasteiger partial charge >= 0.3 is 128 Å². The van der Waals surface area contributed by atoms with Crippen molar-refractivity contribution in [2.24, 2.45) is 0 Å². The SMILES string of the molecule is [CH3][Ge]([CH3])([CH3])[C]1=C(CC(=O)NC(=O)c2ccccc2)CC=C1. The molecule has 1 aliphatic rings. The number of benzene rings is 1. The van der Waals surface area contributed by atoms with Crippen LogP contribution < -0.4 is 5.32 Å². The summed E-state index contributed by atoms with van der Waals surface area (Å²) in [5.41, 5.74) is 1.69. The first-order chi connectivity index (χ1) is 9.88. The quantitative estimate of drug-likeness (QED) is 0.851. The van der Waals surface area contributed by atoms with Crippen LogP contribution in [0.4, 0.5) is 0 Å². The Hall–Kier alpha value is -1.62. The molecule has 0 saturated carbocycles. The van der Waals surface area contributed by atoms with Gasteiger partial charge in [-0.1, -0.05) is 0 Å². The molecule has 4 heteroatoms. The van der Waals surface area contributed by atoms with Gasteiger partial charge in [0.25, 0.3) is 0 Å². The van der Waals surface area contributed by atoms with E-state index in [1.54, 1.807) is 24.3 Å². The molecule has 1 N–H and O–H groups in total. The van der Waals surface area contributed by atoms with Crippen LogP contribution in [-0.4, -0.2) is 25.1 Å². The Morgan fingerprint density at radius 3 is 2.43 bits per heavy atom. The van der Waals surface area contributed by atoms with E-state index in [-0.39, 0.29) is 11.8 Å². The molecule has 0 heterocycles. The van der Waals surface area contributed by atoms with Gasteiger partial charge in [-0.05, 0) is 0 Å². The van der Waals surface area contributed by atoms with Crippen LogP contribution >= 0.6 is 0 Å². The van der Waals surface area contributed by atoms with Crippen LogP contribution in [0.1, 0.15) is 23.2 Å². The monoisotopic (exact) mass is 345 g/mol. The zero-order valence-corrected chi connectivity index (χ0v) is 14.9. The summed E-state index contributed by atoms with van der Waals surface area (Å²) in [6, 6.07) is 8.82. The number of imide groups is 1. The normalized spacial score (nSPS) is 14.4. The van der Waals surface area contributed by atoms with Crippen molar-refractivity contribution in [1.29, 1.82) is 0 Å². The van der Waals surface area contributed by atoms with Crippen LogP contribution in [0, 0.1) is 0 Å². The molecular weight excluding hydrogens is 323 g/mol. The van der Waals surface area contributed by atoms with Crippen molar-refractivity contribution in [1.82, 2.24) is 5.32 Å². The third kappa shape index (κ3) is 4.17. The Morgan fingerprint density at radius 2 is 1.81 bits per heavy atom. The van der Waals surface area contributed by atoms with E-state index in [1.807, 2.05) is 6.07 Å². The third-order valence-corrected chi connectivity index (χ3v) is 7.98. The van der Waals surface area contributed by atoms with Crippen LogP contribution in [0.3, 0.4) is 0 Å². The molecule has 2 rings (SSSR count). The van der Waals surface area contributed by atoms with Crippen molar-refractivity contribution in [2.75, 3.05) is 0 Å². The van der Waals surface area contributed by atoms with Crippen molar-refractivity contribution < 1.29 is 9.59 Å². The number of carbonyl (C=O) groups excluding carboxylic acids is 2. The molecule has 3 nitrogen and oxygen atoms in total. The van der Waals surface area contributed by atoms with Gasteiger partial charge in [-0.15, -0.1) is 0 Å². The van der Waals surface area contributed by atoms with E-state index < -0.39 is 13.3 Å². The van der Waals surface area contributed by atoms with Crippen molar-refractivity contribution in [2.45, 2.75) is 30.1 Å². The molecule has 0 atom stereocenters. The maximum absolute atomic E-state index is 12.1. The number of rotatable bonds is 4. The fourth-order valence-corrected chi connectivity index (χ4v) is 6.44. The van der Waals surface area contributed by atoms with Gasteiger partial charge in [-0.2, -0.15) is 0 Å². The minimum absolute atomic E-state index is 0.216. The summed E-state index contributed by atoms with van der Waals surface area (Å²) in [6.07, 6.45) is 5.45. The van der Waals surface area contributed by atoms with Crippen molar-refractivity contribution >= 4 is 25.1 Å². The molecule has 2 amide bonds. The summed E-state index contributed by atoms with van der Waals surface area (Å²) in [6.45, 7) is 0. The molecule has 0 aliphatic heterocycles. The van der Waals surface area contributed by atoms with E-state index in [0.29, 0.717) is 12.0 Å². The first kappa shape index (κ1) is 15.8. The van der Waals surface area contributed by atoms with Crippen LogP contribution in [-0.2, 0) is 4.79 Å². The Kier molecular flexibility index (Phi) is 4.83. The summed E-state index contributed by atoms with van der Waals surface area (Å²) in [7, 11) is 0. The fourth-order valence-electron chi connectivity index (χ4n) is 2.52. The predicted molar refractivity (Wildman–Crippen MR) is 87.7 cm³/mol. The second-order valence-electron chi connectivity index (χ2n) is 6.29. The number of allylic oxidation sites excluding steroid dienone is 3. The number of hydrogen-bond acceptors (Lipinski definition) is 2. The molecule has 110 valence electrons. The standard InChI is InChI=1S/C17H21GeNO2/c1-18(2,3)15-11-7-10-14(15)12-16(20)19-17(21)13-8-5-4-6-9-13/h4-9,11H,10,12H2,1-3H3,(H,19,20,21). The molecule has 1 aliphatic carbocycles. The average Bonchev–Trinajstić information content (AvgIpc) is 2.87. The predicted octanol–water partition coefficient (Wildman–Crippen LogP) is 3.47. The first-order valence-corrected chi connectivity index (χ1v) is 14.5. The fraction of sp³-hybridized carbons (Fsp3) is 0.294. The molecule has 0 fully saturated rings. The van der Waals surface area contributed by atoms with Crippen molar-refractivity contribution in [3.05, 3.63) is 58.0 Å². The van der Waals surface area contributed by atoms with E-state index in [2.05, 4.69) is 34.7 Å². The number of carbonyl (C=O) groups is 2. The number of amides is 2. The summed E-state index contributed by atoms with van der Waals surface area (Å²) in [5.74, 6) is 6.41. The van der Waals surface area contributed by atoms with Gasteiger partial charge < -0.3 is 0 Å². The molecular formula is C17H21GeNO2. The molecule has 0 saturated heterocycles. The number of hydrogen-bond donors (Lipinski definition) is 1. The van der Waals surface area contributed by atoms with Gasteiger partial charge in [-0.25, -0.2) is 0 Å². The Morgan fingerprint density at radius 1 is 1.14 bits per heavy atom. The molecule has 0 spiro atoms. The van der Waals surface area contributed by atoms with Crippen molar-refractivity contribution in [3.63, 3.8) is 0 Å². The summed E-state index contributed by atoms with van der Waals surface area (Å²) >= 11 is -1.94. The molecule has 0 aromatic heterocycles. The topological polar surface area (TPSA) is 46.2 Å². The van der Waals surface area contributed by atoms with Crippen LogP contribution in [0.25, 0.3) is 0 Å². The Labute approximate surface area is 128 Å². The van der Waals surface area contributed by atoms with E-state index in [4.69, 9.17) is 0 Å². The number of nitrogens with one attached hydrogen (secondary N) is 1. The van der Waals surface area contributed by atoms with Crippen molar-refractivity contribution in [3.8, 4) is 0 Å². The molecule has 21 heavy (non-hydrogen) atoms. The van der Waals surface area contributed by atoms with Gasteiger partial charge in [0, 0.05) is 0 Å². The average molecular weight is 344 g/mol. The first-order valence-electron chi connectivity index (χ1n) is 7.16. The maximum atomic E-state index is 12.1. The summed E-state index contributed by atoms with van der Waals surface area (Å²) in [4.78, 5) is 24.0. The second kappa shape index (κ2) is 6.43. The van der Waals surface area contributed by atoms with Gasteiger partial charge in [0.1, 0.15) is 0 Å². The van der Waals surface area contributed by atoms with Crippen LogP contribution in [0.5, 0.6) is 0 Å². The summed E-state index contributed by atoms with van der Waals surface area (Å²) in [5, 5.41) is 2.48. The van der Waals surface area contributed by atoms with Gasteiger partial charge in [0.15, 0.2) is 0 Å². The minimum atomic E-state index is -1.94. The van der Waals surface area contributed by atoms with E-state index in [1.165, 1.54) is 9.98 Å². The molecule has 0 radical (unpaired) electrons. The van der Waals surface area contributed by atoms with Gasteiger partial charge in [0.2, 0.25) is 0 Å². The van der Waals surface area contributed by atoms with Gasteiger partial charge in [0.05, 0.1) is 0 Å². The van der Waals surface area contributed by atoms with E-state index in [9.17, 15) is 9.59 Å². The van der Waals surface area contributed by atoms with E-state index in [0.717, 1.165) is 6.42 Å². The van der Waals surface area contributed by atoms with Crippen LogP contribution in [0.2, 0.25) is 17.3 Å². The summed E-state index contributed by atoms with van der Waals surface area (Å²) < 4.78 is 1.39. The molecule has 0 bridgehead atoms. The Balaban J connectivity index is 2.01. The Bertz CT molecular complexity index is 609. The second-order valence-corrected chi connectivity index (χ2v) is 16.9. The zero-order valence-electron chi connectivity index (χ0n) is 12.8. The molecule has 1 aromatic carbocycles. The third-order valence-electron chi connectivity index (χ3n) is 3.50. The molecule has 1 aromatic rings. The zero-order chi connectivity index (χ0) is 15.5.